The van der Waals surface area contributed by atoms with E-state index in [9.17, 15) is 0 Å². The van der Waals surface area contributed by atoms with E-state index in [1.807, 2.05) is 19.1 Å². The van der Waals surface area contributed by atoms with Gasteiger partial charge < -0.3 is 19.4 Å². The summed E-state index contributed by atoms with van der Waals surface area (Å²) in [5.41, 5.74) is 2.99. The highest BCUT2D eigenvalue weighted by molar-refractivity contribution is 5.83. The lowest BCUT2D eigenvalue weighted by Gasteiger charge is -2.13. The number of aryl methyl sites for hydroxylation is 1. The fourth-order valence-corrected chi connectivity index (χ4v) is 2.12. The molecular weight excluding hydrogens is 294 g/mol. The first-order valence-electron chi connectivity index (χ1n) is 7.33. The van der Waals surface area contributed by atoms with Crippen LogP contribution in [-0.2, 0) is 0 Å². The minimum Gasteiger partial charge on any atom is -0.497 e. The molecule has 0 heterocycles. The third-order valence-corrected chi connectivity index (χ3v) is 3.57. The fourth-order valence-electron chi connectivity index (χ4n) is 2.12. The standard InChI is InChI=1S/C18H21NO4/c1-13-5-4-6-17(14(13)2)22-9-10-23-18-11-16(21-3)8-7-15(18)12-19-20/h4-8,11-12,20H,9-10H2,1-3H3/b19-12+. The number of nitrogens with zero attached hydrogens (tertiary/aromatic N) is 1. The van der Waals surface area contributed by atoms with Crippen LogP contribution in [0.1, 0.15) is 16.7 Å². The van der Waals surface area contributed by atoms with Crippen LogP contribution in [0.15, 0.2) is 41.6 Å². The smallest absolute Gasteiger partial charge is 0.132 e. The topological polar surface area (TPSA) is 60.3 Å². The average Bonchev–Trinajstić information content (AvgIpc) is 2.56. The maximum Gasteiger partial charge on any atom is 0.132 e. The fraction of sp³-hybridized carbons (Fsp3) is 0.278. The molecule has 2 aromatic rings. The summed E-state index contributed by atoms with van der Waals surface area (Å²) in [4.78, 5) is 0. The zero-order valence-electron chi connectivity index (χ0n) is 13.6. The maximum atomic E-state index is 8.71. The Morgan fingerprint density at radius 3 is 2.48 bits per heavy atom. The SMILES string of the molecule is COc1ccc(/C=N/O)c(OCCOc2cccc(C)c2C)c1. The van der Waals surface area contributed by atoms with Gasteiger partial charge in [-0.25, -0.2) is 0 Å². The molecule has 122 valence electrons. The van der Waals surface area contributed by atoms with Crippen molar-refractivity contribution in [1.82, 2.24) is 0 Å². The van der Waals surface area contributed by atoms with Crippen LogP contribution in [0.5, 0.6) is 17.2 Å². The summed E-state index contributed by atoms with van der Waals surface area (Å²) in [5.74, 6) is 2.11. The van der Waals surface area contributed by atoms with Crippen LogP contribution in [0.3, 0.4) is 0 Å². The molecule has 0 saturated carbocycles. The molecule has 23 heavy (non-hydrogen) atoms. The van der Waals surface area contributed by atoms with Crippen molar-refractivity contribution in [3.05, 3.63) is 53.1 Å². The van der Waals surface area contributed by atoms with Crippen molar-refractivity contribution in [3.63, 3.8) is 0 Å². The first-order valence-corrected chi connectivity index (χ1v) is 7.33. The Morgan fingerprint density at radius 1 is 1.04 bits per heavy atom. The lowest BCUT2D eigenvalue weighted by molar-refractivity contribution is 0.215. The minimum absolute atomic E-state index is 0.368. The molecule has 0 bridgehead atoms. The Labute approximate surface area is 136 Å². The monoisotopic (exact) mass is 315 g/mol. The summed E-state index contributed by atoms with van der Waals surface area (Å²) >= 11 is 0. The van der Waals surface area contributed by atoms with Gasteiger partial charge in [0, 0.05) is 11.6 Å². The highest BCUT2D eigenvalue weighted by Gasteiger charge is 2.06. The van der Waals surface area contributed by atoms with Crippen LogP contribution in [0.4, 0.5) is 0 Å². The molecule has 0 saturated heterocycles. The Hall–Kier alpha value is -2.69. The predicted octanol–water partition coefficient (Wildman–Crippen LogP) is 3.58. The van der Waals surface area contributed by atoms with E-state index in [1.54, 1.807) is 25.3 Å². The highest BCUT2D eigenvalue weighted by Crippen LogP contribution is 2.24. The van der Waals surface area contributed by atoms with Crippen molar-refractivity contribution in [3.8, 4) is 17.2 Å². The second-order valence-corrected chi connectivity index (χ2v) is 5.04. The predicted molar refractivity (Wildman–Crippen MR) is 89.3 cm³/mol. The van der Waals surface area contributed by atoms with E-state index in [4.69, 9.17) is 19.4 Å². The molecule has 0 amide bonds. The second kappa shape index (κ2) is 8.08. The Balaban J connectivity index is 1.97. The number of ether oxygens (including phenoxy) is 3. The molecule has 0 aromatic heterocycles. The Bertz CT molecular complexity index is 683. The molecule has 0 unspecified atom stereocenters. The minimum atomic E-state index is 0.368. The van der Waals surface area contributed by atoms with Gasteiger partial charge in [-0.2, -0.15) is 0 Å². The molecule has 0 atom stereocenters. The molecule has 2 aromatic carbocycles. The normalized spacial score (nSPS) is 10.7. The van der Waals surface area contributed by atoms with E-state index < -0.39 is 0 Å². The molecule has 5 nitrogen and oxygen atoms in total. The van der Waals surface area contributed by atoms with Gasteiger partial charge in [0.05, 0.1) is 13.3 Å². The molecule has 0 spiro atoms. The van der Waals surface area contributed by atoms with Gasteiger partial charge in [0.1, 0.15) is 30.5 Å². The van der Waals surface area contributed by atoms with E-state index >= 15 is 0 Å². The van der Waals surface area contributed by atoms with Gasteiger partial charge in [-0.15, -0.1) is 0 Å². The van der Waals surface area contributed by atoms with E-state index in [0.29, 0.717) is 30.3 Å². The van der Waals surface area contributed by atoms with Gasteiger partial charge >= 0.3 is 0 Å². The molecule has 0 aliphatic rings. The number of hydrogen-bond acceptors (Lipinski definition) is 5. The molecule has 0 fully saturated rings. The Morgan fingerprint density at radius 2 is 1.78 bits per heavy atom. The van der Waals surface area contributed by atoms with Gasteiger partial charge in [-0.05, 0) is 43.2 Å². The summed E-state index contributed by atoms with van der Waals surface area (Å²) in [6.07, 6.45) is 1.32. The van der Waals surface area contributed by atoms with Crippen molar-refractivity contribution in [2.45, 2.75) is 13.8 Å². The lowest BCUT2D eigenvalue weighted by atomic mass is 10.1. The molecular formula is C18H21NO4. The first kappa shape index (κ1) is 16.7. The van der Waals surface area contributed by atoms with E-state index in [1.165, 1.54) is 11.8 Å². The number of rotatable bonds is 7. The number of oxime groups is 1. The first-order chi connectivity index (χ1) is 11.2. The van der Waals surface area contributed by atoms with E-state index in [2.05, 4.69) is 18.1 Å². The van der Waals surface area contributed by atoms with Crippen LogP contribution in [0.2, 0.25) is 0 Å². The van der Waals surface area contributed by atoms with E-state index in [-0.39, 0.29) is 0 Å². The Kier molecular flexibility index (Phi) is 5.86. The van der Waals surface area contributed by atoms with Gasteiger partial charge in [-0.3, -0.25) is 0 Å². The van der Waals surface area contributed by atoms with Crippen LogP contribution in [0, 0.1) is 13.8 Å². The van der Waals surface area contributed by atoms with E-state index in [0.717, 1.165) is 11.3 Å². The molecule has 5 heteroatoms. The van der Waals surface area contributed by atoms with Gasteiger partial charge in [0.25, 0.3) is 0 Å². The third-order valence-electron chi connectivity index (χ3n) is 3.57. The summed E-state index contributed by atoms with van der Waals surface area (Å²) in [7, 11) is 1.59. The van der Waals surface area contributed by atoms with Crippen LogP contribution in [0.25, 0.3) is 0 Å². The van der Waals surface area contributed by atoms with Crippen molar-refractivity contribution in [2.24, 2.45) is 5.16 Å². The largest absolute Gasteiger partial charge is 0.497 e. The van der Waals surface area contributed by atoms with Crippen molar-refractivity contribution >= 4 is 6.21 Å². The van der Waals surface area contributed by atoms with Crippen LogP contribution < -0.4 is 14.2 Å². The van der Waals surface area contributed by atoms with Gasteiger partial charge in [-0.1, -0.05) is 17.3 Å². The third kappa shape index (κ3) is 4.39. The summed E-state index contributed by atoms with van der Waals surface area (Å²) in [6, 6.07) is 11.2. The molecule has 0 aliphatic heterocycles. The number of benzene rings is 2. The van der Waals surface area contributed by atoms with Gasteiger partial charge in [0.15, 0.2) is 0 Å². The molecule has 2 rings (SSSR count). The quantitative estimate of drug-likeness (QED) is 0.367. The zero-order valence-corrected chi connectivity index (χ0v) is 13.6. The van der Waals surface area contributed by atoms with Crippen LogP contribution >= 0.6 is 0 Å². The second-order valence-electron chi connectivity index (χ2n) is 5.04. The summed E-state index contributed by atoms with van der Waals surface area (Å²) < 4.78 is 16.6. The van der Waals surface area contributed by atoms with Crippen molar-refractivity contribution < 1.29 is 19.4 Å². The zero-order chi connectivity index (χ0) is 16.7. The lowest BCUT2D eigenvalue weighted by Crippen LogP contribution is -2.10. The molecule has 0 aliphatic carbocycles. The molecule has 0 radical (unpaired) electrons. The maximum absolute atomic E-state index is 8.71. The average molecular weight is 315 g/mol. The summed E-state index contributed by atoms with van der Waals surface area (Å²) in [6.45, 7) is 4.86. The van der Waals surface area contributed by atoms with Crippen LogP contribution in [-0.4, -0.2) is 31.7 Å². The highest BCUT2D eigenvalue weighted by atomic mass is 16.5. The number of methoxy groups -OCH3 is 1. The summed E-state index contributed by atoms with van der Waals surface area (Å²) in [5, 5.41) is 11.7. The van der Waals surface area contributed by atoms with Gasteiger partial charge in [0.2, 0.25) is 0 Å². The molecule has 1 N–H and O–H groups in total. The van der Waals surface area contributed by atoms with Crippen molar-refractivity contribution in [2.75, 3.05) is 20.3 Å². The van der Waals surface area contributed by atoms with Crippen molar-refractivity contribution in [1.29, 1.82) is 0 Å². The number of hydrogen-bond donors (Lipinski definition) is 1.